The molecule has 2 heterocycles. The molecule has 17 heavy (non-hydrogen) atoms. The van der Waals surface area contributed by atoms with Crippen LogP contribution in [-0.2, 0) is 0 Å². The van der Waals surface area contributed by atoms with Gasteiger partial charge in [-0.2, -0.15) is 0 Å². The van der Waals surface area contributed by atoms with Crippen molar-refractivity contribution in [3.05, 3.63) is 20.8 Å². The second-order valence-electron chi connectivity index (χ2n) is 4.62. The average Bonchev–Trinajstić information content (AvgIpc) is 2.75. The molecule has 94 valence electrons. The van der Waals surface area contributed by atoms with Crippen molar-refractivity contribution in [3.8, 4) is 0 Å². The van der Waals surface area contributed by atoms with Crippen molar-refractivity contribution in [1.29, 1.82) is 0 Å². The highest BCUT2D eigenvalue weighted by molar-refractivity contribution is 9.11. The van der Waals surface area contributed by atoms with Gasteiger partial charge in [0.2, 0.25) is 0 Å². The van der Waals surface area contributed by atoms with E-state index in [0.717, 1.165) is 28.0 Å². The maximum Gasteiger partial charge on any atom is 0.264 e. The van der Waals surface area contributed by atoms with Crippen LogP contribution in [0.25, 0.3) is 0 Å². The molecule has 1 aliphatic rings. The Hall–Kier alpha value is -0.390. The summed E-state index contributed by atoms with van der Waals surface area (Å²) in [6.07, 6.45) is 2.10. The predicted octanol–water partition coefficient (Wildman–Crippen LogP) is 2.71. The molecule has 3 nitrogen and oxygen atoms in total. The predicted molar refractivity (Wildman–Crippen MR) is 74.3 cm³/mol. The van der Waals surface area contributed by atoms with Gasteiger partial charge in [0.05, 0.1) is 8.66 Å². The van der Waals surface area contributed by atoms with E-state index in [1.807, 2.05) is 17.0 Å². The Balaban J connectivity index is 2.13. The number of amides is 1. The second kappa shape index (κ2) is 5.50. The molecular weight excluding hydrogens is 300 g/mol. The minimum Gasteiger partial charge on any atom is -0.334 e. The molecule has 1 amide bonds. The minimum atomic E-state index is 0.128. The number of nitrogens with two attached hydrogens (primary N) is 1. The van der Waals surface area contributed by atoms with Crippen molar-refractivity contribution in [2.45, 2.75) is 25.8 Å². The van der Waals surface area contributed by atoms with Gasteiger partial charge in [0.25, 0.3) is 5.91 Å². The van der Waals surface area contributed by atoms with E-state index in [9.17, 15) is 4.79 Å². The van der Waals surface area contributed by atoms with Crippen LogP contribution >= 0.6 is 27.3 Å². The van der Waals surface area contributed by atoms with Crippen LogP contribution in [-0.4, -0.2) is 29.9 Å². The Morgan fingerprint density at radius 1 is 1.65 bits per heavy atom. The van der Waals surface area contributed by atoms with E-state index in [1.54, 1.807) is 0 Å². The van der Waals surface area contributed by atoms with Gasteiger partial charge >= 0.3 is 0 Å². The molecule has 2 rings (SSSR count). The van der Waals surface area contributed by atoms with Crippen LogP contribution in [0.3, 0.4) is 0 Å². The summed E-state index contributed by atoms with van der Waals surface area (Å²) in [6, 6.07) is 4.00. The lowest BCUT2D eigenvalue weighted by molar-refractivity contribution is 0.0578. The third-order valence-corrected chi connectivity index (χ3v) is 4.91. The number of thiophene rings is 1. The number of nitrogens with zero attached hydrogens (tertiary/aromatic N) is 1. The Morgan fingerprint density at radius 2 is 2.41 bits per heavy atom. The van der Waals surface area contributed by atoms with Crippen molar-refractivity contribution in [1.82, 2.24) is 4.90 Å². The molecule has 0 spiro atoms. The van der Waals surface area contributed by atoms with Crippen LogP contribution < -0.4 is 5.73 Å². The van der Waals surface area contributed by atoms with Gasteiger partial charge in [-0.3, -0.25) is 4.79 Å². The van der Waals surface area contributed by atoms with Crippen LogP contribution in [0.15, 0.2) is 15.9 Å². The second-order valence-corrected chi connectivity index (χ2v) is 7.08. The average molecular weight is 317 g/mol. The fourth-order valence-electron chi connectivity index (χ4n) is 2.31. The first-order chi connectivity index (χ1) is 8.11. The molecule has 1 aliphatic heterocycles. The van der Waals surface area contributed by atoms with Crippen LogP contribution in [0.5, 0.6) is 0 Å². The van der Waals surface area contributed by atoms with E-state index in [4.69, 9.17) is 5.73 Å². The fraction of sp³-hybridized carbons (Fsp3) is 0.583. The number of halogens is 1. The SMILES string of the molecule is CC1CCN(C(=O)c2ccc(Br)s2)C(CN)C1. The zero-order valence-electron chi connectivity index (χ0n) is 9.86. The van der Waals surface area contributed by atoms with Crippen molar-refractivity contribution < 1.29 is 4.79 Å². The topological polar surface area (TPSA) is 46.3 Å². The van der Waals surface area contributed by atoms with Gasteiger partial charge in [0.1, 0.15) is 0 Å². The van der Waals surface area contributed by atoms with E-state index < -0.39 is 0 Å². The molecule has 1 aromatic rings. The summed E-state index contributed by atoms with van der Waals surface area (Å²) in [5.74, 6) is 0.797. The normalized spacial score (nSPS) is 25.0. The van der Waals surface area contributed by atoms with Gasteiger partial charge < -0.3 is 10.6 Å². The van der Waals surface area contributed by atoms with Gasteiger partial charge in [-0.25, -0.2) is 0 Å². The number of likely N-dealkylation sites (tertiary alicyclic amines) is 1. The smallest absolute Gasteiger partial charge is 0.264 e. The minimum absolute atomic E-state index is 0.128. The molecule has 2 atom stereocenters. The summed E-state index contributed by atoms with van der Waals surface area (Å²) in [7, 11) is 0. The standard InChI is InChI=1S/C12H17BrN2OS/c1-8-4-5-15(9(6-8)7-14)12(16)10-2-3-11(13)17-10/h2-3,8-9H,4-7,14H2,1H3. The van der Waals surface area contributed by atoms with Crippen LogP contribution in [0.2, 0.25) is 0 Å². The van der Waals surface area contributed by atoms with Gasteiger partial charge in [0, 0.05) is 19.1 Å². The lowest BCUT2D eigenvalue weighted by Gasteiger charge is -2.37. The molecular formula is C12H17BrN2OS. The van der Waals surface area contributed by atoms with Gasteiger partial charge in [-0.15, -0.1) is 11.3 Å². The highest BCUT2D eigenvalue weighted by atomic mass is 79.9. The molecule has 0 aromatic carbocycles. The maximum atomic E-state index is 12.3. The lowest BCUT2D eigenvalue weighted by atomic mass is 9.92. The molecule has 1 fully saturated rings. The molecule has 1 saturated heterocycles. The van der Waals surface area contributed by atoms with E-state index in [-0.39, 0.29) is 11.9 Å². The number of carbonyl (C=O) groups excluding carboxylic acids is 1. The van der Waals surface area contributed by atoms with Crippen LogP contribution in [0, 0.1) is 5.92 Å². The monoisotopic (exact) mass is 316 g/mol. The van der Waals surface area contributed by atoms with Crippen molar-refractivity contribution in [2.24, 2.45) is 11.7 Å². The highest BCUT2D eigenvalue weighted by Crippen LogP contribution is 2.27. The van der Waals surface area contributed by atoms with Crippen LogP contribution in [0.1, 0.15) is 29.4 Å². The van der Waals surface area contributed by atoms with Crippen molar-refractivity contribution in [3.63, 3.8) is 0 Å². The summed E-state index contributed by atoms with van der Waals surface area (Å²) in [5, 5.41) is 0. The van der Waals surface area contributed by atoms with E-state index >= 15 is 0 Å². The van der Waals surface area contributed by atoms with Crippen molar-refractivity contribution in [2.75, 3.05) is 13.1 Å². The molecule has 0 saturated carbocycles. The Kier molecular flexibility index (Phi) is 4.22. The molecule has 0 aliphatic carbocycles. The number of rotatable bonds is 2. The lowest BCUT2D eigenvalue weighted by Crippen LogP contribution is -2.49. The largest absolute Gasteiger partial charge is 0.334 e. The maximum absolute atomic E-state index is 12.3. The number of hydrogen-bond acceptors (Lipinski definition) is 3. The first-order valence-corrected chi connectivity index (χ1v) is 7.49. The quantitative estimate of drug-likeness (QED) is 0.911. The van der Waals surface area contributed by atoms with Gasteiger partial charge in [-0.1, -0.05) is 6.92 Å². The highest BCUT2D eigenvalue weighted by Gasteiger charge is 2.29. The summed E-state index contributed by atoms with van der Waals surface area (Å²) < 4.78 is 0.996. The third kappa shape index (κ3) is 2.89. The Bertz CT molecular complexity index is 407. The van der Waals surface area contributed by atoms with E-state index in [0.29, 0.717) is 12.5 Å². The molecule has 2 N–H and O–H groups in total. The molecule has 5 heteroatoms. The number of hydrogen-bond donors (Lipinski definition) is 1. The summed E-state index contributed by atoms with van der Waals surface area (Å²) >= 11 is 4.88. The molecule has 2 unspecified atom stereocenters. The summed E-state index contributed by atoms with van der Waals surface area (Å²) in [5.41, 5.74) is 5.78. The van der Waals surface area contributed by atoms with Crippen LogP contribution in [0.4, 0.5) is 0 Å². The summed E-state index contributed by atoms with van der Waals surface area (Å²) in [4.78, 5) is 15.1. The first-order valence-electron chi connectivity index (χ1n) is 5.88. The van der Waals surface area contributed by atoms with Gasteiger partial charge in [0.15, 0.2) is 0 Å². The third-order valence-electron chi connectivity index (χ3n) is 3.29. The number of piperidine rings is 1. The van der Waals surface area contributed by atoms with E-state index in [1.165, 1.54) is 11.3 Å². The number of carbonyl (C=O) groups is 1. The first kappa shape index (κ1) is 13.1. The summed E-state index contributed by atoms with van der Waals surface area (Å²) in [6.45, 7) is 3.62. The van der Waals surface area contributed by atoms with E-state index in [2.05, 4.69) is 22.9 Å². The zero-order valence-corrected chi connectivity index (χ0v) is 12.3. The Labute approximate surface area is 114 Å². The zero-order chi connectivity index (χ0) is 12.4. The molecule has 1 aromatic heterocycles. The Morgan fingerprint density at radius 3 is 3.00 bits per heavy atom. The fourth-order valence-corrected chi connectivity index (χ4v) is 3.66. The van der Waals surface area contributed by atoms with Crippen molar-refractivity contribution >= 4 is 33.2 Å². The molecule has 0 radical (unpaired) electrons. The molecule has 0 bridgehead atoms. The van der Waals surface area contributed by atoms with Gasteiger partial charge in [-0.05, 0) is 46.8 Å².